The minimum atomic E-state index is -0.672. The molecule has 0 bridgehead atoms. The van der Waals surface area contributed by atoms with E-state index in [4.69, 9.17) is 26.3 Å². The van der Waals surface area contributed by atoms with Gasteiger partial charge in [-0.1, -0.05) is 121 Å². The van der Waals surface area contributed by atoms with Crippen molar-refractivity contribution in [2.45, 2.75) is 0 Å². The summed E-state index contributed by atoms with van der Waals surface area (Å²) in [4.78, 5) is 0. The summed E-state index contributed by atoms with van der Waals surface area (Å²) in [5.41, 5.74) is 2.46. The van der Waals surface area contributed by atoms with Crippen LogP contribution in [0, 0.1) is 0 Å². The number of para-hydroxylation sites is 3. The average Bonchev–Trinajstić information content (AvgIpc) is 4.01. The summed E-state index contributed by atoms with van der Waals surface area (Å²) in [6.07, 6.45) is 0. The zero-order valence-electron chi connectivity index (χ0n) is 43.3. The van der Waals surface area contributed by atoms with Crippen molar-refractivity contribution in [1.29, 1.82) is 0 Å². The van der Waals surface area contributed by atoms with Crippen molar-refractivity contribution in [1.82, 2.24) is 9.13 Å². The fourth-order valence-electron chi connectivity index (χ4n) is 7.17. The fraction of sp³-hybridized carbons (Fsp3) is 0. The summed E-state index contributed by atoms with van der Waals surface area (Å²) in [6, 6.07) is 14.0. The zero-order valence-corrected chi connectivity index (χ0v) is 26.3. The van der Waals surface area contributed by atoms with Crippen LogP contribution in [-0.2, 0) is 0 Å². The molecule has 0 fully saturated rings. The van der Waals surface area contributed by atoms with E-state index in [1.165, 1.54) is 4.57 Å². The van der Waals surface area contributed by atoms with Gasteiger partial charge in [0.2, 0.25) is 0 Å². The van der Waals surface area contributed by atoms with Gasteiger partial charge >= 0.3 is 0 Å². The van der Waals surface area contributed by atoms with Crippen molar-refractivity contribution in [2.24, 2.45) is 0 Å². The van der Waals surface area contributed by atoms with Crippen molar-refractivity contribution in [3.05, 3.63) is 182 Å². The highest BCUT2D eigenvalue weighted by atomic mass is 16.3. The Kier molecular flexibility index (Phi) is 3.45. The molecule has 3 nitrogen and oxygen atoms in total. The van der Waals surface area contributed by atoms with Crippen molar-refractivity contribution >= 4 is 65.6 Å². The van der Waals surface area contributed by atoms with Gasteiger partial charge in [-0.3, -0.25) is 0 Å². The van der Waals surface area contributed by atoms with Gasteiger partial charge in [0.05, 0.1) is 56.4 Å². The van der Waals surface area contributed by atoms with E-state index in [1.807, 2.05) is 41.0 Å². The number of nitrogens with zero attached hydrogens (tertiary/aromatic N) is 2. The molecular weight excluding hydrogens is 621 g/mol. The Labute approximate surface area is 317 Å². The normalized spacial score (nSPS) is 16.6. The van der Waals surface area contributed by atoms with Crippen LogP contribution in [0.4, 0.5) is 0 Å². The second kappa shape index (κ2) is 10.8. The van der Waals surface area contributed by atoms with E-state index in [2.05, 4.69) is 0 Å². The maximum absolute atomic E-state index is 9.36. The quantitative estimate of drug-likeness (QED) is 0.183. The van der Waals surface area contributed by atoms with E-state index in [-0.39, 0.29) is 38.5 Å². The third-order valence-electron chi connectivity index (χ3n) is 9.33. The van der Waals surface area contributed by atoms with Gasteiger partial charge in [-0.2, -0.15) is 0 Å². The maximum atomic E-state index is 9.36. The minimum absolute atomic E-state index is 0.0259. The van der Waals surface area contributed by atoms with Gasteiger partial charge in [-0.25, -0.2) is 0 Å². The molecule has 0 aliphatic rings. The van der Waals surface area contributed by atoms with Crippen LogP contribution in [0.5, 0.6) is 0 Å². The van der Waals surface area contributed by atoms with Crippen LogP contribution in [0.3, 0.4) is 0 Å². The Hall–Kier alpha value is -6.84. The molecule has 0 unspecified atom stereocenters. The summed E-state index contributed by atoms with van der Waals surface area (Å²) in [6.45, 7) is 0. The molecule has 11 rings (SSSR count). The van der Waals surface area contributed by atoms with Crippen molar-refractivity contribution in [2.75, 3.05) is 0 Å². The molecule has 3 aromatic heterocycles. The second-order valence-electron chi connectivity index (χ2n) is 12.0. The third kappa shape index (κ3) is 4.19. The Morgan fingerprint density at radius 2 is 1.12 bits per heavy atom. The lowest BCUT2D eigenvalue weighted by molar-refractivity contribution is 0.669. The van der Waals surface area contributed by atoms with Crippen LogP contribution in [0.15, 0.2) is 186 Å². The first kappa shape index (κ1) is 16.2. The molecule has 238 valence electrons. The van der Waals surface area contributed by atoms with E-state index in [0.29, 0.717) is 38.8 Å². The Morgan fingerprint density at radius 3 is 1.94 bits per heavy atom. The number of furan rings is 1. The predicted octanol–water partition coefficient (Wildman–Crippen LogP) is 13.1. The van der Waals surface area contributed by atoms with Crippen molar-refractivity contribution in [3.63, 3.8) is 0 Å². The van der Waals surface area contributed by atoms with Gasteiger partial charge in [0.25, 0.3) is 0 Å². The summed E-state index contributed by atoms with van der Waals surface area (Å²) >= 11 is 0. The maximum Gasteiger partial charge on any atom is 0.137 e. The fourth-order valence-corrected chi connectivity index (χ4v) is 7.17. The SMILES string of the molecule is [2H]c1c([2H])c([2H])c(-c2c([2H])c([2H])c([2H])c(-c3ccc4oc5cccc(-n6c7ccccc7c7ccc(-n8c9c([2H])c([2H])c([2H])c([2H])c9c9c([2H])c([2H])c([2H])c([2H])c98)cc76)c5c4c3)c2[2H])c([2H])c1[2H]. The standard InChI is InChI=1S/C48H30N2O/c1-2-12-31(13-3-1)32-14-10-15-33(28-32)34-24-27-46-40(29-34)48-44(22-11-23-47(48)51-46)50-43-21-9-6-18-38(43)39-26-25-35(30-45(39)50)49-41-19-7-4-16-36(41)37-17-5-8-20-42(37)49/h1-30H/i1D,2D,3D,4D,5D,7D,8D,10D,12D,13D,14D,15D,16D,17D,19D,20D,28D. The highest BCUT2D eigenvalue weighted by Crippen LogP contribution is 2.41. The topological polar surface area (TPSA) is 23.0 Å². The number of rotatable bonds is 4. The lowest BCUT2D eigenvalue weighted by atomic mass is 9.98. The predicted molar refractivity (Wildman–Crippen MR) is 213 cm³/mol. The van der Waals surface area contributed by atoms with E-state index in [0.717, 1.165) is 16.3 Å². The molecule has 0 radical (unpaired) electrons. The summed E-state index contributed by atoms with van der Waals surface area (Å²) < 4.78 is 158. The van der Waals surface area contributed by atoms with Gasteiger partial charge in [-0.15, -0.1) is 0 Å². The number of fused-ring (bicyclic) bond motifs is 9. The van der Waals surface area contributed by atoms with E-state index < -0.39 is 108 Å². The van der Waals surface area contributed by atoms with E-state index in [1.54, 1.807) is 42.5 Å². The molecule has 51 heavy (non-hydrogen) atoms. The third-order valence-corrected chi connectivity index (χ3v) is 9.33. The molecule has 0 spiro atoms. The monoisotopic (exact) mass is 667 g/mol. The minimum Gasteiger partial charge on any atom is -0.456 e. The lowest BCUT2D eigenvalue weighted by Gasteiger charge is -2.12. The van der Waals surface area contributed by atoms with Gasteiger partial charge in [0.15, 0.2) is 0 Å². The van der Waals surface area contributed by atoms with Crippen LogP contribution in [0.1, 0.15) is 23.3 Å². The summed E-state index contributed by atoms with van der Waals surface area (Å²) in [5.74, 6) is 0. The van der Waals surface area contributed by atoms with E-state index >= 15 is 0 Å². The average molecular weight is 668 g/mol. The van der Waals surface area contributed by atoms with Crippen LogP contribution in [0.2, 0.25) is 0 Å². The zero-order chi connectivity index (χ0) is 48.3. The lowest BCUT2D eigenvalue weighted by Crippen LogP contribution is -1.97. The van der Waals surface area contributed by atoms with Gasteiger partial charge in [0.1, 0.15) is 11.2 Å². The number of aromatic nitrogens is 2. The van der Waals surface area contributed by atoms with Crippen LogP contribution in [-0.4, -0.2) is 9.13 Å². The Bertz CT molecular complexity index is 4030. The van der Waals surface area contributed by atoms with Crippen LogP contribution < -0.4 is 0 Å². The highest BCUT2D eigenvalue weighted by Gasteiger charge is 2.20. The van der Waals surface area contributed by atoms with Crippen LogP contribution in [0.25, 0.3) is 99.2 Å². The molecule has 8 aromatic carbocycles. The molecule has 11 aromatic rings. The molecular formula is C48H30N2O. The number of hydrogen-bond donors (Lipinski definition) is 0. The smallest absolute Gasteiger partial charge is 0.137 e. The molecule has 0 saturated heterocycles. The van der Waals surface area contributed by atoms with Crippen LogP contribution >= 0.6 is 0 Å². The molecule has 3 heterocycles. The number of benzene rings is 8. The molecule has 0 aliphatic heterocycles. The first-order chi connectivity index (χ1) is 32.4. The first-order valence-corrected chi connectivity index (χ1v) is 16.0. The van der Waals surface area contributed by atoms with Crippen molar-refractivity contribution < 1.29 is 27.7 Å². The summed E-state index contributed by atoms with van der Waals surface area (Å²) in [7, 11) is 0. The van der Waals surface area contributed by atoms with Crippen molar-refractivity contribution in [3.8, 4) is 33.6 Å². The van der Waals surface area contributed by atoms with E-state index in [9.17, 15) is 1.37 Å². The molecule has 0 atom stereocenters. The Balaban J connectivity index is 1.21. The number of hydrogen-bond acceptors (Lipinski definition) is 1. The highest BCUT2D eigenvalue weighted by molar-refractivity contribution is 6.15. The molecule has 0 saturated carbocycles. The second-order valence-corrected chi connectivity index (χ2v) is 12.0. The molecule has 0 amide bonds. The molecule has 0 aliphatic carbocycles. The first-order valence-electron chi connectivity index (χ1n) is 24.5. The van der Waals surface area contributed by atoms with Gasteiger partial charge in [0, 0.05) is 32.6 Å². The summed E-state index contributed by atoms with van der Waals surface area (Å²) in [5, 5.41) is 2.62. The Morgan fingerprint density at radius 1 is 0.412 bits per heavy atom. The largest absolute Gasteiger partial charge is 0.456 e. The molecule has 3 heteroatoms. The molecule has 0 N–H and O–H groups in total. The van der Waals surface area contributed by atoms with Gasteiger partial charge < -0.3 is 13.6 Å². The van der Waals surface area contributed by atoms with Gasteiger partial charge in [-0.05, 0) is 82.8 Å².